The molecule has 7 heteroatoms. The van der Waals surface area contributed by atoms with Gasteiger partial charge in [-0.3, -0.25) is 4.79 Å². The Morgan fingerprint density at radius 2 is 1.94 bits per heavy atom. The highest BCUT2D eigenvalue weighted by molar-refractivity contribution is 5.99. The number of hydrogen-bond acceptors (Lipinski definition) is 5. The van der Waals surface area contributed by atoms with Crippen LogP contribution in [0.25, 0.3) is 0 Å². The second-order valence-electron chi connectivity index (χ2n) is 3.22. The van der Waals surface area contributed by atoms with E-state index in [9.17, 15) is 14.7 Å². The number of hydrogen-bond donors (Lipinski definition) is 5. The molecule has 17 heavy (non-hydrogen) atoms. The Bertz CT molecular complexity index is 444. The van der Waals surface area contributed by atoms with Gasteiger partial charge in [0.15, 0.2) is 17.5 Å². The van der Waals surface area contributed by atoms with E-state index in [1.807, 2.05) is 5.32 Å². The summed E-state index contributed by atoms with van der Waals surface area (Å²) in [5.74, 6) is -3.44. The van der Waals surface area contributed by atoms with Crippen molar-refractivity contribution in [2.75, 3.05) is 6.61 Å². The Kier molecular flexibility index (Phi) is 3.89. The molecule has 1 aromatic rings. The molecule has 0 heterocycles. The fourth-order valence-electron chi connectivity index (χ4n) is 1.14. The van der Waals surface area contributed by atoms with E-state index in [-0.39, 0.29) is 5.56 Å². The largest absolute Gasteiger partial charge is 0.504 e. The van der Waals surface area contributed by atoms with E-state index in [1.54, 1.807) is 0 Å². The molecule has 0 aromatic heterocycles. The number of carboxylic acids is 1. The van der Waals surface area contributed by atoms with Crippen LogP contribution in [0.2, 0.25) is 0 Å². The number of aliphatic hydroxyl groups is 1. The first-order valence-electron chi connectivity index (χ1n) is 4.62. The van der Waals surface area contributed by atoms with Crippen molar-refractivity contribution in [1.82, 2.24) is 5.32 Å². The van der Waals surface area contributed by atoms with E-state index >= 15 is 0 Å². The van der Waals surface area contributed by atoms with E-state index in [4.69, 9.17) is 15.3 Å². The van der Waals surface area contributed by atoms with Gasteiger partial charge in [-0.1, -0.05) is 6.07 Å². The molecular formula is C10H11NO6. The molecule has 5 N–H and O–H groups in total. The molecule has 0 fully saturated rings. The predicted octanol–water partition coefficient (Wildman–Crippen LogP) is -0.727. The fourth-order valence-corrected chi connectivity index (χ4v) is 1.14. The summed E-state index contributed by atoms with van der Waals surface area (Å²) in [6.45, 7) is -0.777. The minimum atomic E-state index is -1.47. The van der Waals surface area contributed by atoms with Crippen LogP contribution in [-0.4, -0.2) is 45.0 Å². The molecule has 1 atom stereocenters. The van der Waals surface area contributed by atoms with Gasteiger partial charge in [0, 0.05) is 0 Å². The van der Waals surface area contributed by atoms with Crippen molar-refractivity contribution in [1.29, 1.82) is 0 Å². The number of carbonyl (C=O) groups is 2. The van der Waals surface area contributed by atoms with Gasteiger partial charge >= 0.3 is 5.97 Å². The predicted molar refractivity (Wildman–Crippen MR) is 55.7 cm³/mol. The SMILES string of the molecule is O=C(N[C@H](CO)C(=O)O)c1cccc(O)c1O. The van der Waals surface area contributed by atoms with Crippen molar-refractivity contribution in [3.05, 3.63) is 23.8 Å². The van der Waals surface area contributed by atoms with Crippen molar-refractivity contribution in [3.8, 4) is 11.5 Å². The first kappa shape index (κ1) is 12.8. The van der Waals surface area contributed by atoms with E-state index < -0.39 is 36.0 Å². The molecule has 0 aliphatic heterocycles. The quantitative estimate of drug-likeness (QED) is 0.442. The number of para-hydroxylation sites is 1. The maximum atomic E-state index is 11.5. The van der Waals surface area contributed by atoms with E-state index in [1.165, 1.54) is 18.2 Å². The minimum Gasteiger partial charge on any atom is -0.504 e. The molecule has 0 unspecified atom stereocenters. The molecule has 0 bridgehead atoms. The van der Waals surface area contributed by atoms with Crippen molar-refractivity contribution in [2.45, 2.75) is 6.04 Å². The van der Waals surface area contributed by atoms with Gasteiger partial charge in [0.1, 0.15) is 0 Å². The molecule has 0 radical (unpaired) electrons. The van der Waals surface area contributed by atoms with Crippen LogP contribution in [0, 0.1) is 0 Å². The van der Waals surface area contributed by atoms with Crippen LogP contribution < -0.4 is 5.32 Å². The number of amides is 1. The molecule has 1 rings (SSSR count). The topological polar surface area (TPSA) is 127 Å². The number of phenolic OH excluding ortho intramolecular Hbond substituents is 2. The monoisotopic (exact) mass is 241 g/mol. The van der Waals surface area contributed by atoms with Crippen LogP contribution in [0.4, 0.5) is 0 Å². The van der Waals surface area contributed by atoms with Gasteiger partial charge in [-0.2, -0.15) is 0 Å². The van der Waals surface area contributed by atoms with E-state index in [0.29, 0.717) is 0 Å². The highest BCUT2D eigenvalue weighted by Gasteiger charge is 2.21. The lowest BCUT2D eigenvalue weighted by molar-refractivity contribution is -0.140. The number of benzene rings is 1. The van der Waals surface area contributed by atoms with Crippen molar-refractivity contribution < 1.29 is 30.0 Å². The molecule has 0 aliphatic rings. The zero-order chi connectivity index (χ0) is 13.0. The lowest BCUT2D eigenvalue weighted by Gasteiger charge is -2.12. The fraction of sp³-hybridized carbons (Fsp3) is 0.200. The molecule has 1 amide bonds. The smallest absolute Gasteiger partial charge is 0.328 e. The lowest BCUT2D eigenvalue weighted by Crippen LogP contribution is -2.43. The van der Waals surface area contributed by atoms with E-state index in [2.05, 4.69) is 0 Å². The van der Waals surface area contributed by atoms with Gasteiger partial charge in [0.05, 0.1) is 12.2 Å². The van der Waals surface area contributed by atoms with Crippen LogP contribution in [0.15, 0.2) is 18.2 Å². The Morgan fingerprint density at radius 3 is 2.47 bits per heavy atom. The van der Waals surface area contributed by atoms with Crippen molar-refractivity contribution in [3.63, 3.8) is 0 Å². The summed E-state index contributed by atoms with van der Waals surface area (Å²) in [6, 6.07) is 2.23. The zero-order valence-electron chi connectivity index (χ0n) is 8.62. The molecule has 1 aromatic carbocycles. The highest BCUT2D eigenvalue weighted by Crippen LogP contribution is 2.27. The van der Waals surface area contributed by atoms with Gasteiger partial charge in [-0.05, 0) is 12.1 Å². The summed E-state index contributed by atoms with van der Waals surface area (Å²) in [5, 5.41) is 37.8. The highest BCUT2D eigenvalue weighted by atomic mass is 16.4. The minimum absolute atomic E-state index is 0.273. The van der Waals surface area contributed by atoms with Crippen LogP contribution in [0.5, 0.6) is 11.5 Å². The maximum absolute atomic E-state index is 11.5. The summed E-state index contributed by atoms with van der Waals surface area (Å²) in [4.78, 5) is 22.1. The lowest BCUT2D eigenvalue weighted by atomic mass is 10.1. The number of aliphatic hydroxyl groups excluding tert-OH is 1. The van der Waals surface area contributed by atoms with Crippen LogP contribution in [-0.2, 0) is 4.79 Å². The summed E-state index contributed by atoms with van der Waals surface area (Å²) in [5.41, 5.74) is -0.273. The molecular weight excluding hydrogens is 230 g/mol. The Labute approximate surface area is 95.9 Å². The molecule has 0 saturated heterocycles. The van der Waals surface area contributed by atoms with Crippen LogP contribution in [0.3, 0.4) is 0 Å². The first-order valence-corrected chi connectivity index (χ1v) is 4.62. The Morgan fingerprint density at radius 1 is 1.29 bits per heavy atom. The van der Waals surface area contributed by atoms with Gasteiger partial charge in [-0.15, -0.1) is 0 Å². The van der Waals surface area contributed by atoms with Crippen LogP contribution >= 0.6 is 0 Å². The molecule has 0 aliphatic carbocycles. The Hall–Kier alpha value is -2.28. The second kappa shape index (κ2) is 5.17. The van der Waals surface area contributed by atoms with Crippen molar-refractivity contribution in [2.24, 2.45) is 0 Å². The average Bonchev–Trinajstić information content (AvgIpc) is 2.28. The molecule has 0 saturated carbocycles. The molecule has 7 nitrogen and oxygen atoms in total. The van der Waals surface area contributed by atoms with Gasteiger partial charge in [0.2, 0.25) is 0 Å². The number of carboxylic acid groups (broad SMARTS) is 1. The summed E-state index contributed by atoms with van der Waals surface area (Å²) in [7, 11) is 0. The number of nitrogens with one attached hydrogen (secondary N) is 1. The summed E-state index contributed by atoms with van der Waals surface area (Å²) >= 11 is 0. The number of phenols is 2. The zero-order valence-corrected chi connectivity index (χ0v) is 8.62. The standard InChI is InChI=1S/C10H11NO6/c12-4-6(10(16)17)11-9(15)5-2-1-3-7(13)8(5)14/h1-3,6,12-14H,4H2,(H,11,15)(H,16,17)/t6-/m1/s1. The summed E-state index contributed by atoms with van der Waals surface area (Å²) < 4.78 is 0. The first-order chi connectivity index (χ1) is 7.97. The number of carbonyl (C=O) groups excluding carboxylic acids is 1. The number of rotatable bonds is 4. The van der Waals surface area contributed by atoms with Crippen molar-refractivity contribution >= 4 is 11.9 Å². The third kappa shape index (κ3) is 2.85. The van der Waals surface area contributed by atoms with Gasteiger partial charge in [-0.25, -0.2) is 4.79 Å². The average molecular weight is 241 g/mol. The molecule has 92 valence electrons. The molecule has 0 spiro atoms. The maximum Gasteiger partial charge on any atom is 0.328 e. The number of aromatic hydroxyl groups is 2. The Balaban J connectivity index is 2.90. The third-order valence-corrected chi connectivity index (χ3v) is 2.05. The van der Waals surface area contributed by atoms with Crippen LogP contribution in [0.1, 0.15) is 10.4 Å². The van der Waals surface area contributed by atoms with Gasteiger partial charge in [0.25, 0.3) is 5.91 Å². The summed E-state index contributed by atoms with van der Waals surface area (Å²) in [6.07, 6.45) is 0. The number of aliphatic carboxylic acids is 1. The van der Waals surface area contributed by atoms with Gasteiger partial charge < -0.3 is 25.7 Å². The second-order valence-corrected chi connectivity index (χ2v) is 3.22. The third-order valence-electron chi connectivity index (χ3n) is 2.05. The van der Waals surface area contributed by atoms with E-state index in [0.717, 1.165) is 0 Å². The normalized spacial score (nSPS) is 11.8.